The number of benzene rings is 2. The minimum atomic E-state index is -4.98. The van der Waals surface area contributed by atoms with Crippen molar-refractivity contribution >= 4 is 43.1 Å². The van der Waals surface area contributed by atoms with Gasteiger partial charge in [-0.1, -0.05) is 19.4 Å². The number of piperidine rings is 1. The molecule has 0 spiro atoms. The predicted octanol–water partition coefficient (Wildman–Crippen LogP) is 5.33. The standard InChI is InChI=1S/C30H28FN5O4S/c1-2-3-10-40-27-14-24-26(13-23(27)19-12-21(17-34-16-19)41(31,38)39)36(20-6-8-33-9-7-20)30-28(29(24)37)22-5-4-18(15-32)11-25(22)35-30/h4-5,11-14,16-17,20,33,35H,2-3,6-10H2,1H3. The zero-order valence-corrected chi connectivity index (χ0v) is 23.2. The summed E-state index contributed by atoms with van der Waals surface area (Å²) in [7, 11) is -4.98. The van der Waals surface area contributed by atoms with Gasteiger partial charge in [-0.25, -0.2) is 0 Å². The van der Waals surface area contributed by atoms with E-state index >= 15 is 0 Å². The summed E-state index contributed by atoms with van der Waals surface area (Å²) in [4.78, 5) is 21.0. The molecule has 2 aromatic carbocycles. The van der Waals surface area contributed by atoms with Crippen LogP contribution in [0.5, 0.6) is 5.75 Å². The van der Waals surface area contributed by atoms with Crippen molar-refractivity contribution in [2.45, 2.75) is 43.5 Å². The lowest BCUT2D eigenvalue weighted by Gasteiger charge is -2.28. The van der Waals surface area contributed by atoms with Crippen molar-refractivity contribution in [3.63, 3.8) is 0 Å². The summed E-state index contributed by atoms with van der Waals surface area (Å²) >= 11 is 0. The Labute approximate surface area is 235 Å². The Balaban J connectivity index is 1.71. The number of H-pyrrole nitrogens is 1. The number of fused-ring (bicyclic) bond motifs is 4. The maximum atomic E-state index is 14.2. The van der Waals surface area contributed by atoms with Crippen LogP contribution in [-0.2, 0) is 10.2 Å². The molecule has 4 heterocycles. The number of hydrogen-bond donors (Lipinski definition) is 2. The highest BCUT2D eigenvalue weighted by Crippen LogP contribution is 2.38. The molecule has 210 valence electrons. The smallest absolute Gasteiger partial charge is 0.333 e. The third-order valence-electron chi connectivity index (χ3n) is 7.71. The van der Waals surface area contributed by atoms with Crippen molar-refractivity contribution in [2.75, 3.05) is 19.7 Å². The van der Waals surface area contributed by atoms with Crippen molar-refractivity contribution < 1.29 is 17.0 Å². The summed E-state index contributed by atoms with van der Waals surface area (Å²) in [6.45, 7) is 4.04. The lowest BCUT2D eigenvalue weighted by Crippen LogP contribution is -2.30. The van der Waals surface area contributed by atoms with Gasteiger partial charge >= 0.3 is 10.2 Å². The van der Waals surface area contributed by atoms with Gasteiger partial charge in [0.25, 0.3) is 0 Å². The molecule has 6 rings (SSSR count). The van der Waals surface area contributed by atoms with Gasteiger partial charge in [0.1, 0.15) is 16.3 Å². The number of rotatable bonds is 7. The normalized spacial score (nSPS) is 14.6. The highest BCUT2D eigenvalue weighted by atomic mass is 32.3. The van der Waals surface area contributed by atoms with Crippen LogP contribution >= 0.6 is 0 Å². The summed E-state index contributed by atoms with van der Waals surface area (Å²) < 4.78 is 45.6. The van der Waals surface area contributed by atoms with E-state index in [9.17, 15) is 22.4 Å². The van der Waals surface area contributed by atoms with Crippen molar-refractivity contribution in [3.05, 3.63) is 64.6 Å². The molecule has 9 nitrogen and oxygen atoms in total. The van der Waals surface area contributed by atoms with Gasteiger partial charge in [0, 0.05) is 40.5 Å². The van der Waals surface area contributed by atoms with E-state index in [-0.39, 0.29) is 11.5 Å². The van der Waals surface area contributed by atoms with Crippen LogP contribution in [0.3, 0.4) is 0 Å². The first-order valence-electron chi connectivity index (χ1n) is 13.6. The van der Waals surface area contributed by atoms with Gasteiger partial charge in [-0.2, -0.15) is 13.7 Å². The highest BCUT2D eigenvalue weighted by Gasteiger charge is 2.25. The second kappa shape index (κ2) is 10.6. The number of nitriles is 1. The van der Waals surface area contributed by atoms with E-state index in [4.69, 9.17) is 4.74 Å². The van der Waals surface area contributed by atoms with E-state index < -0.39 is 15.1 Å². The molecule has 0 unspecified atom stereocenters. The molecule has 11 heteroatoms. The molecular formula is C30H28FN5O4S. The van der Waals surface area contributed by atoms with Crippen molar-refractivity contribution in [1.82, 2.24) is 19.9 Å². The minimum absolute atomic E-state index is 0.0562. The van der Waals surface area contributed by atoms with Gasteiger partial charge in [0.15, 0.2) is 5.43 Å². The summed E-state index contributed by atoms with van der Waals surface area (Å²) in [6, 6.07) is 12.2. The quantitative estimate of drug-likeness (QED) is 0.199. The first kappa shape index (κ1) is 26.9. The third kappa shape index (κ3) is 4.83. The number of pyridine rings is 2. The monoisotopic (exact) mass is 573 g/mol. The van der Waals surface area contributed by atoms with Crippen LogP contribution in [0.25, 0.3) is 44.0 Å². The molecule has 1 aliphatic rings. The Morgan fingerprint density at radius 3 is 2.68 bits per heavy atom. The summed E-state index contributed by atoms with van der Waals surface area (Å²) in [6.07, 6.45) is 5.74. The van der Waals surface area contributed by atoms with Crippen LogP contribution in [0.15, 0.2) is 58.5 Å². The van der Waals surface area contributed by atoms with E-state index in [1.54, 1.807) is 24.3 Å². The number of nitrogens with one attached hydrogen (secondary N) is 2. The molecular weight excluding hydrogens is 545 g/mol. The summed E-state index contributed by atoms with van der Waals surface area (Å²) in [5, 5.41) is 14.6. The molecule has 0 aliphatic carbocycles. The van der Waals surface area contributed by atoms with Gasteiger partial charge in [-0.15, -0.1) is 3.89 Å². The number of ether oxygens (including phenoxy) is 1. The molecule has 2 N–H and O–H groups in total. The van der Waals surface area contributed by atoms with E-state index in [1.165, 1.54) is 12.3 Å². The second-order valence-electron chi connectivity index (χ2n) is 10.3. The van der Waals surface area contributed by atoms with Crippen molar-refractivity contribution in [1.29, 1.82) is 5.26 Å². The molecule has 3 aromatic heterocycles. The fraction of sp³-hybridized carbons (Fsp3) is 0.300. The van der Waals surface area contributed by atoms with Gasteiger partial charge in [0.05, 0.1) is 34.5 Å². The van der Waals surface area contributed by atoms with E-state index in [0.717, 1.165) is 50.4 Å². The second-order valence-corrected chi connectivity index (χ2v) is 11.7. The van der Waals surface area contributed by atoms with Crippen LogP contribution in [0, 0.1) is 11.3 Å². The predicted molar refractivity (Wildman–Crippen MR) is 155 cm³/mol. The molecule has 0 atom stereocenters. The Bertz CT molecular complexity index is 2020. The minimum Gasteiger partial charge on any atom is -0.493 e. The Hall–Kier alpha value is -4.27. The fourth-order valence-electron chi connectivity index (χ4n) is 5.68. The highest BCUT2D eigenvalue weighted by molar-refractivity contribution is 7.86. The number of hydrogen-bond acceptors (Lipinski definition) is 7. The summed E-state index contributed by atoms with van der Waals surface area (Å²) in [5.74, 6) is 0.390. The van der Waals surface area contributed by atoms with Crippen LogP contribution in [0.4, 0.5) is 3.89 Å². The van der Waals surface area contributed by atoms with E-state index in [2.05, 4.69) is 25.9 Å². The maximum Gasteiger partial charge on any atom is 0.333 e. The first-order valence-corrected chi connectivity index (χ1v) is 15.0. The lowest BCUT2D eigenvalue weighted by atomic mass is 9.99. The molecule has 5 aromatic rings. The van der Waals surface area contributed by atoms with Gasteiger partial charge in [-0.05, 0) is 62.7 Å². The number of nitrogens with zero attached hydrogens (tertiary/aromatic N) is 3. The van der Waals surface area contributed by atoms with Crippen LogP contribution in [-0.4, -0.2) is 42.6 Å². The van der Waals surface area contributed by atoms with Crippen molar-refractivity contribution in [3.8, 4) is 22.9 Å². The fourth-order valence-corrected chi connectivity index (χ4v) is 6.14. The van der Waals surface area contributed by atoms with Gasteiger partial charge in [0.2, 0.25) is 0 Å². The Morgan fingerprint density at radius 2 is 1.95 bits per heavy atom. The number of aromatic nitrogens is 3. The molecule has 1 saturated heterocycles. The number of aromatic amines is 1. The Kier molecular flexibility index (Phi) is 6.97. The van der Waals surface area contributed by atoms with Crippen LogP contribution < -0.4 is 15.5 Å². The molecule has 0 radical (unpaired) electrons. The zero-order chi connectivity index (χ0) is 28.7. The van der Waals surface area contributed by atoms with Crippen molar-refractivity contribution in [2.24, 2.45) is 0 Å². The Morgan fingerprint density at radius 1 is 1.15 bits per heavy atom. The number of halogens is 1. The zero-order valence-electron chi connectivity index (χ0n) is 22.4. The number of unbranched alkanes of at least 4 members (excludes halogenated alkanes) is 1. The maximum absolute atomic E-state index is 14.2. The lowest BCUT2D eigenvalue weighted by molar-refractivity contribution is 0.311. The molecule has 0 amide bonds. The molecule has 1 aliphatic heterocycles. The van der Waals surface area contributed by atoms with Crippen LogP contribution in [0.1, 0.15) is 44.2 Å². The SMILES string of the molecule is CCCCOc1cc2c(=O)c3c4ccc(C#N)cc4[nH]c3n(C3CCNCC3)c2cc1-c1cncc(S(=O)(=O)F)c1. The molecule has 0 saturated carbocycles. The van der Waals surface area contributed by atoms with E-state index in [0.29, 0.717) is 56.5 Å². The molecule has 41 heavy (non-hydrogen) atoms. The first-order chi connectivity index (χ1) is 19.8. The van der Waals surface area contributed by atoms with Gasteiger partial charge in [-0.3, -0.25) is 9.78 Å². The topological polar surface area (TPSA) is 130 Å². The molecule has 0 bridgehead atoms. The third-order valence-corrected chi connectivity index (χ3v) is 8.50. The van der Waals surface area contributed by atoms with Crippen LogP contribution in [0.2, 0.25) is 0 Å². The largest absolute Gasteiger partial charge is 0.493 e. The van der Waals surface area contributed by atoms with Gasteiger partial charge < -0.3 is 19.6 Å². The average Bonchev–Trinajstić information content (AvgIpc) is 3.36. The summed E-state index contributed by atoms with van der Waals surface area (Å²) in [5.41, 5.74) is 3.17. The molecule has 1 fully saturated rings. The average molecular weight is 574 g/mol. The van der Waals surface area contributed by atoms with E-state index in [1.807, 2.05) is 13.0 Å².